The number of nitrogens with one attached hydrogen (secondary N) is 1. The molecule has 0 bridgehead atoms. The van der Waals surface area contributed by atoms with E-state index in [0.717, 1.165) is 5.56 Å². The molecule has 1 aromatic heterocycles. The maximum absolute atomic E-state index is 10.2. The molecule has 0 aliphatic carbocycles. The molecular formula is C7H7N3O. The molecule has 3 N–H and O–H groups in total. The Bertz CT molecular complexity index is 291. The van der Waals surface area contributed by atoms with Crippen molar-refractivity contribution in [3.8, 4) is 11.8 Å². The van der Waals surface area contributed by atoms with Crippen LogP contribution in [0.3, 0.4) is 0 Å². The van der Waals surface area contributed by atoms with Crippen LogP contribution < -0.4 is 5.73 Å². The average molecular weight is 149 g/mol. The van der Waals surface area contributed by atoms with E-state index < -0.39 is 5.91 Å². The second kappa shape index (κ2) is 3.42. The highest BCUT2D eigenvalue weighted by atomic mass is 16.1. The van der Waals surface area contributed by atoms with E-state index in [1.165, 1.54) is 0 Å². The molecule has 0 saturated carbocycles. The minimum atomic E-state index is -0.416. The van der Waals surface area contributed by atoms with Crippen LogP contribution in [-0.4, -0.2) is 16.1 Å². The van der Waals surface area contributed by atoms with Crippen LogP contribution in [0, 0.1) is 11.8 Å². The zero-order chi connectivity index (χ0) is 8.10. The first kappa shape index (κ1) is 7.35. The Labute approximate surface area is 63.8 Å². The molecule has 1 rings (SSSR count). The highest BCUT2D eigenvalue weighted by Crippen LogP contribution is 1.88. The van der Waals surface area contributed by atoms with E-state index in [0.29, 0.717) is 0 Å². The van der Waals surface area contributed by atoms with Crippen LogP contribution in [0.25, 0.3) is 0 Å². The Morgan fingerprint density at radius 1 is 1.82 bits per heavy atom. The number of hydrogen-bond acceptors (Lipinski definition) is 2. The molecule has 1 aromatic rings. The lowest BCUT2D eigenvalue weighted by Crippen LogP contribution is -2.08. The molecule has 0 spiro atoms. The molecule has 0 aliphatic rings. The number of amides is 1. The van der Waals surface area contributed by atoms with E-state index in [1.54, 1.807) is 12.4 Å². The smallest absolute Gasteiger partial charge is 0.229 e. The Balaban J connectivity index is 2.52. The van der Waals surface area contributed by atoms with Gasteiger partial charge in [0.2, 0.25) is 5.91 Å². The van der Waals surface area contributed by atoms with Gasteiger partial charge < -0.3 is 5.73 Å². The normalized spacial score (nSPS) is 8.36. The van der Waals surface area contributed by atoms with Crippen LogP contribution in [0.1, 0.15) is 12.0 Å². The summed E-state index contributed by atoms with van der Waals surface area (Å²) in [6.07, 6.45) is 3.31. The fourth-order valence-corrected chi connectivity index (χ4v) is 0.553. The third-order valence-electron chi connectivity index (χ3n) is 0.994. The van der Waals surface area contributed by atoms with Crippen LogP contribution in [0.5, 0.6) is 0 Å². The van der Waals surface area contributed by atoms with Crippen LogP contribution in [0.2, 0.25) is 0 Å². The Kier molecular flexibility index (Phi) is 2.28. The van der Waals surface area contributed by atoms with Gasteiger partial charge >= 0.3 is 0 Å². The van der Waals surface area contributed by atoms with Crippen molar-refractivity contribution in [3.63, 3.8) is 0 Å². The number of rotatable bonds is 1. The molecular weight excluding hydrogens is 142 g/mol. The fraction of sp³-hybridized carbons (Fsp3) is 0.143. The number of carbonyl (C=O) groups is 1. The van der Waals surface area contributed by atoms with Gasteiger partial charge in [-0.1, -0.05) is 11.8 Å². The van der Waals surface area contributed by atoms with Gasteiger partial charge in [0.25, 0.3) is 0 Å². The van der Waals surface area contributed by atoms with E-state index in [2.05, 4.69) is 22.0 Å². The standard InChI is InChI=1S/C7H7N3O/c8-7(11)3-1-2-6-4-9-10-5-6/h4-5H,3H2,(H2,8,11)(H,9,10). The first-order valence-corrected chi connectivity index (χ1v) is 3.05. The molecule has 0 radical (unpaired) electrons. The van der Waals surface area contributed by atoms with Crippen molar-refractivity contribution >= 4 is 5.91 Å². The highest BCUT2D eigenvalue weighted by Gasteiger charge is 1.87. The molecule has 11 heavy (non-hydrogen) atoms. The monoisotopic (exact) mass is 149 g/mol. The molecule has 0 unspecified atom stereocenters. The van der Waals surface area contributed by atoms with Gasteiger partial charge in [-0.2, -0.15) is 5.10 Å². The van der Waals surface area contributed by atoms with E-state index in [4.69, 9.17) is 5.73 Å². The zero-order valence-electron chi connectivity index (χ0n) is 5.79. The maximum Gasteiger partial charge on any atom is 0.229 e. The van der Waals surface area contributed by atoms with Gasteiger partial charge in [0.15, 0.2) is 0 Å². The van der Waals surface area contributed by atoms with Gasteiger partial charge in [-0.25, -0.2) is 0 Å². The van der Waals surface area contributed by atoms with Crippen LogP contribution in [-0.2, 0) is 4.79 Å². The molecule has 0 aliphatic heterocycles. The fourth-order valence-electron chi connectivity index (χ4n) is 0.553. The number of nitrogens with zero attached hydrogens (tertiary/aromatic N) is 1. The second-order valence-corrected chi connectivity index (χ2v) is 1.93. The van der Waals surface area contributed by atoms with Crippen LogP contribution in [0.15, 0.2) is 12.4 Å². The summed E-state index contributed by atoms with van der Waals surface area (Å²) in [6.45, 7) is 0. The summed E-state index contributed by atoms with van der Waals surface area (Å²) in [5, 5.41) is 6.28. The number of primary amides is 1. The first-order chi connectivity index (χ1) is 5.29. The highest BCUT2D eigenvalue weighted by molar-refractivity contribution is 5.76. The van der Waals surface area contributed by atoms with Gasteiger partial charge in [0.1, 0.15) is 0 Å². The number of nitrogens with two attached hydrogens (primary N) is 1. The summed E-state index contributed by atoms with van der Waals surface area (Å²) in [6, 6.07) is 0. The lowest BCUT2D eigenvalue weighted by atomic mass is 10.3. The summed E-state index contributed by atoms with van der Waals surface area (Å²) in [4.78, 5) is 10.2. The predicted molar refractivity (Wildman–Crippen MR) is 39.3 cm³/mol. The number of aromatic amines is 1. The van der Waals surface area contributed by atoms with Crippen molar-refractivity contribution in [2.75, 3.05) is 0 Å². The third kappa shape index (κ3) is 2.54. The Morgan fingerprint density at radius 3 is 3.18 bits per heavy atom. The SMILES string of the molecule is NC(=O)CC#Cc1cn[nH]c1. The summed E-state index contributed by atoms with van der Waals surface area (Å²) >= 11 is 0. The number of aromatic nitrogens is 2. The van der Waals surface area contributed by atoms with Crippen molar-refractivity contribution in [3.05, 3.63) is 18.0 Å². The minimum absolute atomic E-state index is 0.0885. The van der Waals surface area contributed by atoms with Gasteiger partial charge in [0, 0.05) is 6.20 Å². The summed E-state index contributed by atoms with van der Waals surface area (Å²) < 4.78 is 0. The third-order valence-corrected chi connectivity index (χ3v) is 0.994. The van der Waals surface area contributed by atoms with Gasteiger partial charge in [-0.05, 0) is 0 Å². The van der Waals surface area contributed by atoms with Gasteiger partial charge in [-0.3, -0.25) is 9.89 Å². The van der Waals surface area contributed by atoms with E-state index in [-0.39, 0.29) is 6.42 Å². The zero-order valence-corrected chi connectivity index (χ0v) is 5.79. The van der Waals surface area contributed by atoms with Crippen molar-refractivity contribution < 1.29 is 4.79 Å². The lowest BCUT2D eigenvalue weighted by molar-refractivity contribution is -0.117. The lowest BCUT2D eigenvalue weighted by Gasteiger charge is -1.78. The molecule has 0 fully saturated rings. The molecule has 4 heteroatoms. The maximum atomic E-state index is 10.2. The summed E-state index contributed by atoms with van der Waals surface area (Å²) in [5.41, 5.74) is 5.62. The summed E-state index contributed by atoms with van der Waals surface area (Å²) in [7, 11) is 0. The molecule has 4 nitrogen and oxygen atoms in total. The molecule has 0 saturated heterocycles. The second-order valence-electron chi connectivity index (χ2n) is 1.93. The van der Waals surface area contributed by atoms with Crippen molar-refractivity contribution in [2.24, 2.45) is 5.73 Å². The van der Waals surface area contributed by atoms with E-state index in [1.807, 2.05) is 0 Å². The quantitative estimate of drug-likeness (QED) is 0.535. The largest absolute Gasteiger partial charge is 0.369 e. The van der Waals surface area contributed by atoms with Crippen LogP contribution >= 0.6 is 0 Å². The van der Waals surface area contributed by atoms with Crippen molar-refractivity contribution in [1.29, 1.82) is 0 Å². The molecule has 0 aromatic carbocycles. The van der Waals surface area contributed by atoms with Crippen molar-refractivity contribution in [2.45, 2.75) is 6.42 Å². The Hall–Kier alpha value is -1.76. The van der Waals surface area contributed by atoms with Gasteiger partial charge in [-0.15, -0.1) is 0 Å². The summed E-state index contributed by atoms with van der Waals surface area (Å²) in [5.74, 6) is 4.90. The predicted octanol–water partition coefficient (Wildman–Crippen LogP) is -0.363. The van der Waals surface area contributed by atoms with Crippen LogP contribution in [0.4, 0.5) is 0 Å². The van der Waals surface area contributed by atoms with Crippen molar-refractivity contribution in [1.82, 2.24) is 10.2 Å². The topological polar surface area (TPSA) is 71.8 Å². The average Bonchev–Trinajstić information content (AvgIpc) is 2.39. The Morgan fingerprint density at radius 2 is 2.64 bits per heavy atom. The first-order valence-electron chi connectivity index (χ1n) is 3.05. The van der Waals surface area contributed by atoms with E-state index in [9.17, 15) is 4.79 Å². The minimum Gasteiger partial charge on any atom is -0.369 e. The number of hydrogen-bond donors (Lipinski definition) is 2. The molecule has 56 valence electrons. The van der Waals surface area contributed by atoms with E-state index >= 15 is 0 Å². The molecule has 1 amide bonds. The van der Waals surface area contributed by atoms with Gasteiger partial charge in [0.05, 0.1) is 18.2 Å². The molecule has 0 atom stereocenters. The molecule has 1 heterocycles. The number of carbonyl (C=O) groups excluding carboxylic acids is 1. The number of H-pyrrole nitrogens is 1.